The fourth-order valence-corrected chi connectivity index (χ4v) is 2.70. The van der Waals surface area contributed by atoms with Gasteiger partial charge in [0.25, 0.3) is 17.5 Å². The molecule has 0 aromatic heterocycles. The van der Waals surface area contributed by atoms with E-state index in [0.717, 1.165) is 4.90 Å². The number of amides is 2. The van der Waals surface area contributed by atoms with E-state index >= 15 is 0 Å². The van der Waals surface area contributed by atoms with Gasteiger partial charge < -0.3 is 4.79 Å². The summed E-state index contributed by atoms with van der Waals surface area (Å²) in [5, 5.41) is 10.7. The van der Waals surface area contributed by atoms with Gasteiger partial charge in [0, 0.05) is 18.6 Å². The van der Waals surface area contributed by atoms with Crippen LogP contribution in [0.25, 0.3) is 0 Å². The number of carbonyl (C=O) groups excluding carboxylic acids is 3. The monoisotopic (exact) mass is 324 g/mol. The molecule has 0 spiro atoms. The number of non-ortho nitro benzene ring substituents is 1. The topological polar surface area (TPSA) is 97.6 Å². The van der Waals surface area contributed by atoms with Crippen molar-refractivity contribution in [1.29, 1.82) is 0 Å². The third-order valence-corrected chi connectivity index (χ3v) is 3.91. The van der Waals surface area contributed by atoms with Crippen molar-refractivity contribution in [3.63, 3.8) is 0 Å². The van der Waals surface area contributed by atoms with E-state index in [2.05, 4.69) is 0 Å². The van der Waals surface area contributed by atoms with E-state index in [4.69, 9.17) is 0 Å². The van der Waals surface area contributed by atoms with Gasteiger partial charge in [0.1, 0.15) is 6.29 Å². The Labute approximate surface area is 136 Å². The maximum absolute atomic E-state index is 12.4. The van der Waals surface area contributed by atoms with Gasteiger partial charge in [0.05, 0.1) is 22.1 Å². The molecule has 1 atom stereocenters. The first-order valence-electron chi connectivity index (χ1n) is 7.18. The maximum Gasteiger partial charge on any atom is 0.269 e. The Hall–Kier alpha value is -3.35. The number of rotatable bonds is 5. The summed E-state index contributed by atoms with van der Waals surface area (Å²) in [6.45, 7) is 0. The van der Waals surface area contributed by atoms with Crippen LogP contribution < -0.4 is 0 Å². The molecule has 0 unspecified atom stereocenters. The highest BCUT2D eigenvalue weighted by molar-refractivity contribution is 6.22. The summed E-state index contributed by atoms with van der Waals surface area (Å²) in [5.41, 5.74) is 1.10. The number of hydrogen-bond acceptors (Lipinski definition) is 5. The summed E-state index contributed by atoms with van der Waals surface area (Å²) in [7, 11) is 0. The summed E-state index contributed by atoms with van der Waals surface area (Å²) in [4.78, 5) is 47.3. The first kappa shape index (κ1) is 15.5. The van der Waals surface area contributed by atoms with Gasteiger partial charge in [-0.05, 0) is 17.7 Å². The van der Waals surface area contributed by atoms with Gasteiger partial charge in [-0.1, -0.05) is 24.3 Å². The number of fused-ring (bicyclic) bond motifs is 1. The van der Waals surface area contributed by atoms with E-state index < -0.39 is 22.8 Å². The number of carbonyl (C=O) groups is 3. The minimum absolute atomic E-state index is 0.0675. The molecule has 0 saturated heterocycles. The van der Waals surface area contributed by atoms with E-state index in [-0.39, 0.29) is 23.2 Å². The number of aldehydes is 1. The van der Waals surface area contributed by atoms with E-state index in [1.807, 2.05) is 0 Å². The van der Waals surface area contributed by atoms with Gasteiger partial charge in [-0.2, -0.15) is 0 Å². The molecule has 0 bridgehead atoms. The normalized spacial score (nSPS) is 14.4. The highest BCUT2D eigenvalue weighted by Gasteiger charge is 2.39. The summed E-state index contributed by atoms with van der Waals surface area (Å²) in [6, 6.07) is 11.1. The van der Waals surface area contributed by atoms with Crippen molar-refractivity contribution < 1.29 is 19.3 Å². The van der Waals surface area contributed by atoms with Crippen molar-refractivity contribution in [2.45, 2.75) is 12.5 Å². The third-order valence-electron chi connectivity index (χ3n) is 3.91. The van der Waals surface area contributed by atoms with Gasteiger partial charge >= 0.3 is 0 Å². The Morgan fingerprint density at radius 3 is 2.00 bits per heavy atom. The zero-order valence-electron chi connectivity index (χ0n) is 12.4. The van der Waals surface area contributed by atoms with Crippen molar-refractivity contribution in [2.24, 2.45) is 0 Å². The molecule has 0 N–H and O–H groups in total. The van der Waals surface area contributed by atoms with Crippen LogP contribution in [0.3, 0.4) is 0 Å². The first-order valence-corrected chi connectivity index (χ1v) is 7.18. The van der Waals surface area contributed by atoms with E-state index in [1.54, 1.807) is 24.3 Å². The lowest BCUT2D eigenvalue weighted by molar-refractivity contribution is -0.384. The van der Waals surface area contributed by atoms with Gasteiger partial charge in [-0.3, -0.25) is 24.6 Å². The van der Waals surface area contributed by atoms with Crippen molar-refractivity contribution in [3.05, 3.63) is 75.3 Å². The van der Waals surface area contributed by atoms with Crippen LogP contribution in [0.5, 0.6) is 0 Å². The first-order chi connectivity index (χ1) is 11.5. The summed E-state index contributed by atoms with van der Waals surface area (Å²) >= 11 is 0. The second kappa shape index (κ2) is 6.04. The zero-order valence-corrected chi connectivity index (χ0v) is 12.4. The molecule has 3 rings (SSSR count). The second-order valence-corrected chi connectivity index (χ2v) is 5.36. The molecule has 0 saturated carbocycles. The number of imide groups is 1. The lowest BCUT2D eigenvalue weighted by atomic mass is 10.1. The Bertz CT molecular complexity index is 809. The third kappa shape index (κ3) is 2.56. The molecule has 7 heteroatoms. The molecule has 2 amide bonds. The molecule has 0 fully saturated rings. The molecular weight excluding hydrogens is 312 g/mol. The minimum atomic E-state index is -0.959. The number of hydrogen-bond donors (Lipinski definition) is 0. The Balaban J connectivity index is 1.85. The number of nitro benzene ring substituents is 1. The number of benzene rings is 2. The summed E-state index contributed by atoms with van der Waals surface area (Å²) in [5.74, 6) is -1.01. The van der Waals surface area contributed by atoms with Crippen LogP contribution in [0.1, 0.15) is 26.3 Å². The Morgan fingerprint density at radius 1 is 1.00 bits per heavy atom. The molecule has 0 radical (unpaired) electrons. The lowest BCUT2D eigenvalue weighted by Crippen LogP contribution is -2.42. The molecule has 0 aliphatic carbocycles. The van der Waals surface area contributed by atoms with E-state index in [0.29, 0.717) is 11.8 Å². The molecule has 7 nitrogen and oxygen atoms in total. The molecule has 24 heavy (non-hydrogen) atoms. The quantitative estimate of drug-likeness (QED) is 0.362. The van der Waals surface area contributed by atoms with Gasteiger partial charge in [-0.15, -0.1) is 0 Å². The Kier molecular flexibility index (Phi) is 3.91. The van der Waals surface area contributed by atoms with Crippen LogP contribution in [-0.2, 0) is 11.2 Å². The van der Waals surface area contributed by atoms with E-state index in [1.165, 1.54) is 24.3 Å². The molecule has 1 heterocycles. The standard InChI is InChI=1S/C17H12N2O5/c20-10-13(9-11-5-7-12(8-6-11)19(23)24)18-16(21)14-3-1-2-4-15(14)17(18)22/h1-8,10,13H,9H2/t13-/m0/s1. The minimum Gasteiger partial charge on any atom is -0.301 e. The van der Waals surface area contributed by atoms with Gasteiger partial charge in [0.15, 0.2) is 0 Å². The maximum atomic E-state index is 12.4. The van der Waals surface area contributed by atoms with Crippen LogP contribution >= 0.6 is 0 Å². The second-order valence-electron chi connectivity index (χ2n) is 5.36. The van der Waals surface area contributed by atoms with E-state index in [9.17, 15) is 24.5 Å². The van der Waals surface area contributed by atoms with Crippen molar-refractivity contribution in [3.8, 4) is 0 Å². The molecule has 120 valence electrons. The lowest BCUT2D eigenvalue weighted by Gasteiger charge is -2.21. The zero-order chi connectivity index (χ0) is 17.3. The van der Waals surface area contributed by atoms with Gasteiger partial charge in [0.2, 0.25) is 0 Å². The van der Waals surface area contributed by atoms with Crippen LogP contribution in [-0.4, -0.2) is 34.0 Å². The summed E-state index contributed by atoms with van der Waals surface area (Å²) in [6.07, 6.45) is 0.649. The Morgan fingerprint density at radius 2 is 1.54 bits per heavy atom. The molecule has 2 aromatic rings. The van der Waals surface area contributed by atoms with Crippen molar-refractivity contribution in [1.82, 2.24) is 4.90 Å². The van der Waals surface area contributed by atoms with Gasteiger partial charge in [-0.25, -0.2) is 0 Å². The van der Waals surface area contributed by atoms with Crippen molar-refractivity contribution in [2.75, 3.05) is 0 Å². The summed E-state index contributed by atoms with van der Waals surface area (Å²) < 4.78 is 0. The molecular formula is C17H12N2O5. The largest absolute Gasteiger partial charge is 0.301 e. The highest BCUT2D eigenvalue weighted by Crippen LogP contribution is 2.25. The van der Waals surface area contributed by atoms with Crippen LogP contribution in [0.15, 0.2) is 48.5 Å². The predicted octanol–water partition coefficient (Wildman–Crippen LogP) is 2.00. The number of nitro groups is 1. The smallest absolute Gasteiger partial charge is 0.269 e. The molecule has 2 aromatic carbocycles. The molecule has 1 aliphatic heterocycles. The average molecular weight is 324 g/mol. The average Bonchev–Trinajstić information content (AvgIpc) is 2.85. The van der Waals surface area contributed by atoms with Crippen molar-refractivity contribution >= 4 is 23.8 Å². The van der Waals surface area contributed by atoms with Crippen LogP contribution in [0, 0.1) is 10.1 Å². The van der Waals surface area contributed by atoms with Crippen LogP contribution in [0.2, 0.25) is 0 Å². The van der Waals surface area contributed by atoms with Crippen LogP contribution in [0.4, 0.5) is 5.69 Å². The molecule has 1 aliphatic rings. The highest BCUT2D eigenvalue weighted by atomic mass is 16.6. The number of nitrogens with zero attached hydrogens (tertiary/aromatic N) is 2. The fourth-order valence-electron chi connectivity index (χ4n) is 2.70. The fraction of sp³-hybridized carbons (Fsp3) is 0.118. The predicted molar refractivity (Wildman–Crippen MR) is 83.6 cm³/mol. The SMILES string of the molecule is O=C[C@H](Cc1ccc([N+](=O)[O-])cc1)N1C(=O)c2ccccc2C1=O.